The highest BCUT2D eigenvalue weighted by molar-refractivity contribution is 5.53. The Labute approximate surface area is 126 Å². The van der Waals surface area contributed by atoms with E-state index in [0.717, 1.165) is 18.5 Å². The Balaban J connectivity index is 2.07. The number of aryl methyl sites for hydroxylation is 2. The maximum atomic E-state index is 9.18. The first-order valence-corrected chi connectivity index (χ1v) is 7.20. The number of nitrogens with zero attached hydrogens (tertiary/aromatic N) is 2. The molecule has 0 amide bonds. The van der Waals surface area contributed by atoms with Gasteiger partial charge in [0, 0.05) is 11.2 Å². The Morgan fingerprint density at radius 3 is 2.52 bits per heavy atom. The van der Waals surface area contributed by atoms with Gasteiger partial charge < -0.3 is 5.32 Å². The van der Waals surface area contributed by atoms with Crippen LogP contribution in [0.1, 0.15) is 37.1 Å². The van der Waals surface area contributed by atoms with Crippen LogP contribution < -0.4 is 5.32 Å². The fraction of sp³-hybridized carbons (Fsp3) is 0.333. The van der Waals surface area contributed by atoms with Gasteiger partial charge in [-0.2, -0.15) is 5.26 Å². The lowest BCUT2D eigenvalue weighted by Crippen LogP contribution is -2.32. The van der Waals surface area contributed by atoms with Crippen molar-refractivity contribution in [1.29, 1.82) is 5.26 Å². The highest BCUT2D eigenvalue weighted by Gasteiger charge is 2.19. The van der Waals surface area contributed by atoms with Gasteiger partial charge in [0.2, 0.25) is 0 Å². The zero-order valence-electron chi connectivity index (χ0n) is 12.9. The molecule has 0 saturated carbocycles. The van der Waals surface area contributed by atoms with Crippen molar-refractivity contribution in [2.45, 2.75) is 39.2 Å². The van der Waals surface area contributed by atoms with Gasteiger partial charge in [-0.3, -0.25) is 0 Å². The topological polar surface area (TPSA) is 48.7 Å². The quantitative estimate of drug-likeness (QED) is 0.897. The van der Waals surface area contributed by atoms with Crippen LogP contribution in [-0.4, -0.2) is 10.5 Å². The first kappa shape index (κ1) is 15.1. The molecule has 3 heteroatoms. The van der Waals surface area contributed by atoms with E-state index in [1.165, 1.54) is 5.56 Å². The zero-order valence-corrected chi connectivity index (χ0v) is 12.9. The summed E-state index contributed by atoms with van der Waals surface area (Å²) in [6, 6.07) is 16.3. The van der Waals surface area contributed by atoms with Gasteiger partial charge in [0.05, 0.1) is 5.56 Å². The second-order valence-corrected chi connectivity index (χ2v) is 5.96. The second-order valence-electron chi connectivity index (χ2n) is 5.96. The molecule has 0 aliphatic carbocycles. The number of aromatic nitrogens is 1. The Hall–Kier alpha value is -2.34. The Morgan fingerprint density at radius 2 is 1.86 bits per heavy atom. The monoisotopic (exact) mass is 279 g/mol. The molecular formula is C18H21N3. The Bertz CT molecular complexity index is 639. The molecule has 21 heavy (non-hydrogen) atoms. The average Bonchev–Trinajstić information content (AvgIpc) is 2.46. The van der Waals surface area contributed by atoms with Crippen LogP contribution in [0.4, 0.5) is 5.82 Å². The number of anilines is 1. The van der Waals surface area contributed by atoms with Gasteiger partial charge in [-0.05, 0) is 51.3 Å². The van der Waals surface area contributed by atoms with Gasteiger partial charge in [-0.1, -0.05) is 30.3 Å². The largest absolute Gasteiger partial charge is 0.364 e. The number of nitriles is 1. The van der Waals surface area contributed by atoms with E-state index in [0.29, 0.717) is 11.4 Å². The molecule has 0 aliphatic heterocycles. The average molecular weight is 279 g/mol. The van der Waals surface area contributed by atoms with Crippen LogP contribution in [0.3, 0.4) is 0 Å². The Kier molecular flexibility index (Phi) is 4.59. The van der Waals surface area contributed by atoms with Crippen LogP contribution in [0.15, 0.2) is 42.5 Å². The van der Waals surface area contributed by atoms with E-state index < -0.39 is 0 Å². The first-order valence-electron chi connectivity index (χ1n) is 7.20. The van der Waals surface area contributed by atoms with Crippen LogP contribution in [0.5, 0.6) is 0 Å². The van der Waals surface area contributed by atoms with E-state index in [2.05, 4.69) is 54.5 Å². The van der Waals surface area contributed by atoms with E-state index in [1.807, 2.05) is 25.1 Å². The number of hydrogen-bond acceptors (Lipinski definition) is 3. The molecule has 0 spiro atoms. The molecule has 1 N–H and O–H groups in total. The van der Waals surface area contributed by atoms with Crippen LogP contribution in [-0.2, 0) is 6.42 Å². The third-order valence-electron chi connectivity index (χ3n) is 3.49. The molecule has 0 bridgehead atoms. The number of hydrogen-bond donors (Lipinski definition) is 1. The molecule has 3 nitrogen and oxygen atoms in total. The van der Waals surface area contributed by atoms with Gasteiger partial charge in [0.1, 0.15) is 11.9 Å². The van der Waals surface area contributed by atoms with E-state index >= 15 is 0 Å². The summed E-state index contributed by atoms with van der Waals surface area (Å²) in [5.74, 6) is 0.676. The van der Waals surface area contributed by atoms with Crippen LogP contribution in [0.25, 0.3) is 0 Å². The standard InChI is InChI=1S/C18H21N3/c1-14-9-10-16(13-19)17(20-14)21-18(2,3)12-11-15-7-5-4-6-8-15/h4-10H,11-12H2,1-3H3,(H,20,21). The van der Waals surface area contributed by atoms with Crippen molar-refractivity contribution in [2.75, 3.05) is 5.32 Å². The second kappa shape index (κ2) is 6.41. The van der Waals surface area contributed by atoms with Crippen molar-refractivity contribution < 1.29 is 0 Å². The Morgan fingerprint density at radius 1 is 1.14 bits per heavy atom. The van der Waals surface area contributed by atoms with Crippen LogP contribution in [0, 0.1) is 18.3 Å². The summed E-state index contributed by atoms with van der Waals surface area (Å²) in [7, 11) is 0. The van der Waals surface area contributed by atoms with Gasteiger partial charge >= 0.3 is 0 Å². The van der Waals surface area contributed by atoms with Crippen LogP contribution >= 0.6 is 0 Å². The predicted molar refractivity (Wildman–Crippen MR) is 86.2 cm³/mol. The lowest BCUT2D eigenvalue weighted by Gasteiger charge is -2.27. The molecule has 1 aromatic heterocycles. The van der Waals surface area contributed by atoms with E-state index in [9.17, 15) is 5.26 Å². The fourth-order valence-electron chi connectivity index (χ4n) is 2.23. The highest BCUT2D eigenvalue weighted by Crippen LogP contribution is 2.22. The summed E-state index contributed by atoms with van der Waals surface area (Å²) < 4.78 is 0. The molecule has 2 aromatic rings. The zero-order chi connectivity index (χ0) is 15.3. The normalized spacial score (nSPS) is 11.0. The van der Waals surface area contributed by atoms with Crippen molar-refractivity contribution in [2.24, 2.45) is 0 Å². The SMILES string of the molecule is Cc1ccc(C#N)c(NC(C)(C)CCc2ccccc2)n1. The van der Waals surface area contributed by atoms with Crippen molar-refractivity contribution in [1.82, 2.24) is 4.98 Å². The molecule has 0 saturated heterocycles. The van der Waals surface area contributed by atoms with Crippen molar-refractivity contribution >= 4 is 5.82 Å². The molecule has 108 valence electrons. The third-order valence-corrected chi connectivity index (χ3v) is 3.49. The lowest BCUT2D eigenvalue weighted by molar-refractivity contribution is 0.516. The maximum Gasteiger partial charge on any atom is 0.144 e. The number of nitrogens with one attached hydrogen (secondary N) is 1. The molecule has 0 aliphatic rings. The smallest absolute Gasteiger partial charge is 0.144 e. The summed E-state index contributed by atoms with van der Waals surface area (Å²) in [6.45, 7) is 6.21. The molecule has 1 heterocycles. The predicted octanol–water partition coefficient (Wildman–Crippen LogP) is 4.09. The molecule has 0 radical (unpaired) electrons. The van der Waals surface area contributed by atoms with Crippen molar-refractivity contribution in [3.8, 4) is 6.07 Å². The minimum atomic E-state index is -0.123. The molecule has 0 unspecified atom stereocenters. The van der Waals surface area contributed by atoms with E-state index in [1.54, 1.807) is 0 Å². The molecule has 0 atom stereocenters. The molecule has 0 fully saturated rings. The first-order chi connectivity index (χ1) is 10.00. The van der Waals surface area contributed by atoms with Crippen molar-refractivity contribution in [3.05, 3.63) is 59.3 Å². The van der Waals surface area contributed by atoms with Gasteiger partial charge in [0.25, 0.3) is 0 Å². The number of benzene rings is 1. The van der Waals surface area contributed by atoms with E-state index in [4.69, 9.17) is 0 Å². The van der Waals surface area contributed by atoms with Gasteiger partial charge in [-0.15, -0.1) is 0 Å². The summed E-state index contributed by atoms with van der Waals surface area (Å²) in [5.41, 5.74) is 2.70. The van der Waals surface area contributed by atoms with Crippen LogP contribution in [0.2, 0.25) is 0 Å². The summed E-state index contributed by atoms with van der Waals surface area (Å²) in [6.07, 6.45) is 1.96. The maximum absolute atomic E-state index is 9.18. The molecule has 1 aromatic carbocycles. The summed E-state index contributed by atoms with van der Waals surface area (Å²) in [4.78, 5) is 4.45. The van der Waals surface area contributed by atoms with Gasteiger partial charge in [0.15, 0.2) is 0 Å². The number of rotatable bonds is 5. The minimum absolute atomic E-state index is 0.123. The van der Waals surface area contributed by atoms with Crippen molar-refractivity contribution in [3.63, 3.8) is 0 Å². The third kappa shape index (κ3) is 4.32. The van der Waals surface area contributed by atoms with E-state index in [-0.39, 0.29) is 5.54 Å². The number of pyridine rings is 1. The summed E-state index contributed by atoms with van der Waals surface area (Å²) in [5, 5.41) is 12.6. The molecular weight excluding hydrogens is 258 g/mol. The van der Waals surface area contributed by atoms with Gasteiger partial charge in [-0.25, -0.2) is 4.98 Å². The minimum Gasteiger partial charge on any atom is -0.364 e. The molecule has 2 rings (SSSR count). The fourth-order valence-corrected chi connectivity index (χ4v) is 2.23. The lowest BCUT2D eigenvalue weighted by atomic mass is 9.95. The summed E-state index contributed by atoms with van der Waals surface area (Å²) >= 11 is 0. The highest BCUT2D eigenvalue weighted by atomic mass is 15.0.